The Hall–Kier alpha value is -2.01. The van der Waals surface area contributed by atoms with Gasteiger partial charge in [-0.1, -0.05) is 12.6 Å². The predicted molar refractivity (Wildman–Crippen MR) is 72.4 cm³/mol. The van der Waals surface area contributed by atoms with Crippen molar-refractivity contribution in [1.29, 1.82) is 0 Å². The molecule has 0 radical (unpaired) electrons. The van der Waals surface area contributed by atoms with E-state index in [-0.39, 0.29) is 6.61 Å². The molecule has 0 aliphatic carbocycles. The van der Waals surface area contributed by atoms with Crippen molar-refractivity contribution in [3.05, 3.63) is 36.9 Å². The van der Waals surface area contributed by atoms with E-state index in [1.807, 2.05) is 24.3 Å². The van der Waals surface area contributed by atoms with Gasteiger partial charge in [-0.05, 0) is 19.1 Å². The van der Waals surface area contributed by atoms with E-state index in [0.717, 1.165) is 17.6 Å². The van der Waals surface area contributed by atoms with Crippen LogP contribution in [0.3, 0.4) is 0 Å². The highest BCUT2D eigenvalue weighted by Gasteiger charge is 2.02. The van der Waals surface area contributed by atoms with E-state index in [9.17, 15) is 4.79 Å². The van der Waals surface area contributed by atoms with Crippen molar-refractivity contribution in [3.8, 4) is 11.5 Å². The van der Waals surface area contributed by atoms with E-state index >= 15 is 0 Å². The van der Waals surface area contributed by atoms with Gasteiger partial charge < -0.3 is 19.3 Å². The zero-order chi connectivity index (χ0) is 14.7. The number of hydrogen-bond acceptors (Lipinski definition) is 5. The van der Waals surface area contributed by atoms with E-state index in [0.29, 0.717) is 0 Å². The predicted octanol–water partition coefficient (Wildman–Crippen LogP) is 1.80. The van der Waals surface area contributed by atoms with Gasteiger partial charge in [-0.3, -0.25) is 0 Å². The zero-order valence-electron chi connectivity index (χ0n) is 11.5. The summed E-state index contributed by atoms with van der Waals surface area (Å²) in [5.74, 6) is 1.13. The van der Waals surface area contributed by atoms with Crippen LogP contribution in [0.15, 0.2) is 36.9 Å². The molecule has 0 aromatic heterocycles. The second-order valence-corrected chi connectivity index (χ2v) is 3.52. The molecule has 1 aromatic carbocycles. The molecule has 19 heavy (non-hydrogen) atoms. The minimum absolute atomic E-state index is 0.153. The van der Waals surface area contributed by atoms with E-state index in [1.165, 1.54) is 0 Å². The third-order valence-corrected chi connectivity index (χ3v) is 2.02. The molecule has 1 aromatic rings. The van der Waals surface area contributed by atoms with E-state index in [2.05, 4.69) is 11.3 Å². The fraction of sp³-hybridized carbons (Fsp3) is 0.357. The number of methoxy groups -OCH3 is 2. The minimum Gasteiger partial charge on any atom is -0.497 e. The van der Waals surface area contributed by atoms with E-state index < -0.39 is 12.1 Å². The van der Waals surface area contributed by atoms with Gasteiger partial charge in [0.15, 0.2) is 0 Å². The summed E-state index contributed by atoms with van der Waals surface area (Å²) in [5.41, 5.74) is 0. The maximum absolute atomic E-state index is 10.3. The SMILES string of the molecule is C=CC(=O)OC(C)CO.COc1cccc(OC)c1. The van der Waals surface area contributed by atoms with Crippen molar-refractivity contribution in [2.75, 3.05) is 20.8 Å². The first-order valence-corrected chi connectivity index (χ1v) is 5.69. The molecule has 0 fully saturated rings. The fourth-order valence-corrected chi connectivity index (χ4v) is 1.01. The lowest BCUT2D eigenvalue weighted by Crippen LogP contribution is -2.16. The van der Waals surface area contributed by atoms with Crippen molar-refractivity contribution in [3.63, 3.8) is 0 Å². The highest BCUT2D eigenvalue weighted by atomic mass is 16.5. The molecule has 0 bridgehead atoms. The number of hydrogen-bond donors (Lipinski definition) is 1. The molecular weight excluding hydrogens is 248 g/mol. The number of ether oxygens (including phenoxy) is 3. The molecule has 0 aliphatic rings. The summed E-state index contributed by atoms with van der Waals surface area (Å²) in [5, 5.41) is 8.37. The molecule has 1 unspecified atom stereocenters. The first kappa shape index (κ1) is 17.0. The van der Waals surface area contributed by atoms with Gasteiger partial charge in [0.1, 0.15) is 17.6 Å². The number of aliphatic hydroxyl groups is 1. The molecule has 0 heterocycles. The number of benzene rings is 1. The summed E-state index contributed by atoms with van der Waals surface area (Å²) in [6, 6.07) is 7.47. The second kappa shape index (κ2) is 9.96. The highest BCUT2D eigenvalue weighted by molar-refractivity contribution is 5.81. The van der Waals surface area contributed by atoms with Gasteiger partial charge in [0.2, 0.25) is 0 Å². The van der Waals surface area contributed by atoms with Crippen molar-refractivity contribution in [2.45, 2.75) is 13.0 Å². The van der Waals surface area contributed by atoms with Crippen LogP contribution in [0.1, 0.15) is 6.92 Å². The van der Waals surface area contributed by atoms with Crippen LogP contribution in [-0.2, 0) is 9.53 Å². The lowest BCUT2D eigenvalue weighted by atomic mass is 10.3. The number of carbonyl (C=O) groups excluding carboxylic acids is 1. The summed E-state index contributed by atoms with van der Waals surface area (Å²) in [6.07, 6.45) is 0.627. The molecule has 1 rings (SSSR count). The van der Waals surface area contributed by atoms with E-state index in [1.54, 1.807) is 21.1 Å². The van der Waals surface area contributed by atoms with Crippen LogP contribution in [0.25, 0.3) is 0 Å². The summed E-state index contributed by atoms with van der Waals surface area (Å²) in [4.78, 5) is 10.3. The van der Waals surface area contributed by atoms with Crippen LogP contribution < -0.4 is 9.47 Å². The van der Waals surface area contributed by atoms with Crippen LogP contribution in [0.4, 0.5) is 0 Å². The molecule has 0 spiro atoms. The molecule has 5 nitrogen and oxygen atoms in total. The van der Waals surface area contributed by atoms with Gasteiger partial charge in [-0.15, -0.1) is 0 Å². The van der Waals surface area contributed by atoms with Gasteiger partial charge >= 0.3 is 5.97 Å². The first-order chi connectivity index (χ1) is 9.07. The molecule has 0 amide bonds. The Morgan fingerprint density at radius 1 is 1.37 bits per heavy atom. The van der Waals surface area contributed by atoms with Gasteiger partial charge in [0, 0.05) is 12.1 Å². The monoisotopic (exact) mass is 268 g/mol. The molecule has 1 atom stereocenters. The topological polar surface area (TPSA) is 65.0 Å². The Balaban J connectivity index is 0.000000344. The molecule has 1 N–H and O–H groups in total. The molecule has 0 aliphatic heterocycles. The van der Waals surface area contributed by atoms with Gasteiger partial charge in [0.25, 0.3) is 0 Å². The third kappa shape index (κ3) is 7.83. The van der Waals surface area contributed by atoms with Gasteiger partial charge in [-0.2, -0.15) is 0 Å². The maximum atomic E-state index is 10.3. The lowest BCUT2D eigenvalue weighted by molar-refractivity contribution is -0.143. The summed E-state index contributed by atoms with van der Waals surface area (Å²) in [7, 11) is 3.27. The minimum atomic E-state index is -0.503. The van der Waals surface area contributed by atoms with Crippen LogP contribution in [-0.4, -0.2) is 38.0 Å². The van der Waals surface area contributed by atoms with Crippen molar-refractivity contribution >= 4 is 5.97 Å². The highest BCUT2D eigenvalue weighted by Crippen LogP contribution is 2.17. The molecular formula is C14H20O5. The van der Waals surface area contributed by atoms with Crippen LogP contribution in [0, 0.1) is 0 Å². The normalized spacial score (nSPS) is 10.5. The number of esters is 1. The molecule has 0 saturated heterocycles. The molecule has 5 heteroatoms. The molecule has 0 saturated carbocycles. The summed E-state index contributed by atoms with van der Waals surface area (Å²) in [6.45, 7) is 4.64. The number of carbonyl (C=O) groups is 1. The van der Waals surface area contributed by atoms with Crippen LogP contribution >= 0.6 is 0 Å². The van der Waals surface area contributed by atoms with Gasteiger partial charge in [0.05, 0.1) is 20.8 Å². The Kier molecular flexibility index (Phi) is 8.91. The average Bonchev–Trinajstić information content (AvgIpc) is 2.47. The second-order valence-electron chi connectivity index (χ2n) is 3.52. The van der Waals surface area contributed by atoms with Crippen LogP contribution in [0.2, 0.25) is 0 Å². The largest absolute Gasteiger partial charge is 0.497 e. The Bertz CT molecular complexity index is 370. The number of rotatable bonds is 5. The van der Waals surface area contributed by atoms with Crippen molar-refractivity contribution in [1.82, 2.24) is 0 Å². The summed E-state index contributed by atoms with van der Waals surface area (Å²) >= 11 is 0. The smallest absolute Gasteiger partial charge is 0.330 e. The van der Waals surface area contributed by atoms with E-state index in [4.69, 9.17) is 14.6 Å². The molecule has 106 valence electrons. The van der Waals surface area contributed by atoms with Crippen molar-refractivity contribution in [2.24, 2.45) is 0 Å². The van der Waals surface area contributed by atoms with Crippen LogP contribution in [0.5, 0.6) is 11.5 Å². The quantitative estimate of drug-likeness (QED) is 0.651. The number of aliphatic hydroxyl groups excluding tert-OH is 1. The van der Waals surface area contributed by atoms with Crippen molar-refractivity contribution < 1.29 is 24.1 Å². The Morgan fingerprint density at radius 2 is 1.89 bits per heavy atom. The maximum Gasteiger partial charge on any atom is 0.330 e. The Labute approximate surface area is 113 Å². The third-order valence-electron chi connectivity index (χ3n) is 2.02. The van der Waals surface area contributed by atoms with Gasteiger partial charge in [-0.25, -0.2) is 4.79 Å². The Morgan fingerprint density at radius 3 is 2.26 bits per heavy atom. The zero-order valence-corrected chi connectivity index (χ0v) is 11.5. The lowest BCUT2D eigenvalue weighted by Gasteiger charge is -2.06. The first-order valence-electron chi connectivity index (χ1n) is 5.69. The standard InChI is InChI=1S/C8H10O2.C6H10O3/c1-9-7-4-3-5-8(6-7)10-2;1-3-6(8)9-5(2)4-7/h3-6H,1-2H3;3,5,7H,1,4H2,2H3. The average molecular weight is 268 g/mol. The fourth-order valence-electron chi connectivity index (χ4n) is 1.01. The summed E-state index contributed by atoms with van der Waals surface area (Å²) < 4.78 is 14.5.